The van der Waals surface area contributed by atoms with Crippen LogP contribution in [0.25, 0.3) is 15.8 Å². The SMILES string of the molecule is COc1ncc(C2=CCOC2)c2sc(NC(=O)N3CCC4(CCOCC4)C3)nc12. The van der Waals surface area contributed by atoms with Gasteiger partial charge in [0.1, 0.15) is 5.52 Å². The molecule has 2 aromatic heterocycles. The number of hydrogen-bond acceptors (Lipinski definition) is 7. The van der Waals surface area contributed by atoms with E-state index in [1.807, 2.05) is 4.90 Å². The van der Waals surface area contributed by atoms with E-state index in [1.165, 1.54) is 11.3 Å². The summed E-state index contributed by atoms with van der Waals surface area (Å²) >= 11 is 1.45. The third kappa shape index (κ3) is 3.47. The number of rotatable bonds is 3. The normalized spacial score (nSPS) is 21.0. The van der Waals surface area contributed by atoms with E-state index in [9.17, 15) is 4.79 Å². The molecule has 1 spiro atoms. The molecule has 5 heterocycles. The van der Waals surface area contributed by atoms with Crippen molar-refractivity contribution in [3.63, 3.8) is 0 Å². The fraction of sp³-hybridized carbons (Fsp3) is 0.550. The van der Waals surface area contributed by atoms with E-state index in [-0.39, 0.29) is 11.4 Å². The molecule has 0 unspecified atom stereocenters. The number of thiazole rings is 1. The van der Waals surface area contributed by atoms with Crippen molar-refractivity contribution in [2.45, 2.75) is 19.3 Å². The molecule has 154 valence electrons. The van der Waals surface area contributed by atoms with Crippen LogP contribution in [0.3, 0.4) is 0 Å². The van der Waals surface area contributed by atoms with Crippen molar-refractivity contribution in [1.82, 2.24) is 14.9 Å². The molecule has 0 bridgehead atoms. The monoisotopic (exact) mass is 416 g/mol. The number of likely N-dealkylation sites (tertiary alicyclic amines) is 1. The minimum absolute atomic E-state index is 0.0932. The van der Waals surface area contributed by atoms with Gasteiger partial charge in [-0.2, -0.15) is 0 Å². The summed E-state index contributed by atoms with van der Waals surface area (Å²) in [5.41, 5.74) is 2.96. The number of aromatic nitrogens is 2. The standard InChI is InChI=1S/C20H24N4O4S/c1-26-17-15-16(14(10-21-17)13-2-7-28-11-13)29-18(22-15)23-19(25)24-6-3-20(12-24)4-8-27-9-5-20/h2,10H,3-9,11-12H2,1H3,(H,22,23,25). The predicted molar refractivity (Wildman–Crippen MR) is 110 cm³/mol. The molecular formula is C20H24N4O4S. The fourth-order valence-corrected chi connectivity index (χ4v) is 5.38. The van der Waals surface area contributed by atoms with Gasteiger partial charge in [0.2, 0.25) is 5.88 Å². The Labute approximate surface area is 172 Å². The molecule has 2 aromatic rings. The number of carbonyl (C=O) groups is 1. The number of pyridine rings is 1. The van der Waals surface area contributed by atoms with Gasteiger partial charge in [0.25, 0.3) is 0 Å². The molecule has 0 aliphatic carbocycles. The minimum atomic E-state index is -0.0932. The molecule has 2 saturated heterocycles. The van der Waals surface area contributed by atoms with Gasteiger partial charge >= 0.3 is 6.03 Å². The van der Waals surface area contributed by atoms with Crippen LogP contribution in [0.5, 0.6) is 5.88 Å². The summed E-state index contributed by atoms with van der Waals surface area (Å²) in [6.07, 6.45) is 6.95. The van der Waals surface area contributed by atoms with Crippen molar-refractivity contribution < 1.29 is 19.0 Å². The molecule has 0 radical (unpaired) electrons. The topological polar surface area (TPSA) is 85.8 Å². The van der Waals surface area contributed by atoms with Gasteiger partial charge in [0, 0.05) is 38.1 Å². The number of nitrogens with one attached hydrogen (secondary N) is 1. The smallest absolute Gasteiger partial charge is 0.323 e. The number of carbonyl (C=O) groups excluding carboxylic acids is 1. The Balaban J connectivity index is 1.38. The summed E-state index contributed by atoms with van der Waals surface area (Å²) in [5.74, 6) is 0.461. The molecule has 2 fully saturated rings. The number of nitrogens with zero attached hydrogens (tertiary/aromatic N) is 3. The molecule has 0 aromatic carbocycles. The Kier molecular flexibility index (Phi) is 4.89. The van der Waals surface area contributed by atoms with Crippen LogP contribution in [-0.4, -0.2) is 67.5 Å². The van der Waals surface area contributed by atoms with E-state index in [2.05, 4.69) is 21.4 Å². The summed E-state index contributed by atoms with van der Waals surface area (Å²) < 4.78 is 17.3. The van der Waals surface area contributed by atoms with Crippen LogP contribution in [0.1, 0.15) is 24.8 Å². The highest BCUT2D eigenvalue weighted by Crippen LogP contribution is 2.41. The van der Waals surface area contributed by atoms with Crippen molar-refractivity contribution in [3.05, 3.63) is 17.8 Å². The highest BCUT2D eigenvalue weighted by atomic mass is 32.1. The highest BCUT2D eigenvalue weighted by Gasteiger charge is 2.41. The Bertz CT molecular complexity index is 967. The van der Waals surface area contributed by atoms with E-state index in [1.54, 1.807) is 13.3 Å². The second kappa shape index (κ2) is 7.55. The largest absolute Gasteiger partial charge is 0.479 e. The fourth-order valence-electron chi connectivity index (χ4n) is 4.39. The molecule has 29 heavy (non-hydrogen) atoms. The van der Waals surface area contributed by atoms with E-state index < -0.39 is 0 Å². The third-order valence-corrected chi connectivity index (χ3v) is 7.13. The summed E-state index contributed by atoms with van der Waals surface area (Å²) in [4.78, 5) is 23.8. The maximum Gasteiger partial charge on any atom is 0.323 e. The highest BCUT2D eigenvalue weighted by molar-refractivity contribution is 7.22. The van der Waals surface area contributed by atoms with Crippen LogP contribution < -0.4 is 10.1 Å². The summed E-state index contributed by atoms with van der Waals surface area (Å²) in [5, 5.41) is 3.55. The van der Waals surface area contributed by atoms with Crippen molar-refractivity contribution in [3.8, 4) is 5.88 Å². The predicted octanol–water partition coefficient (Wildman–Crippen LogP) is 3.15. The second-order valence-electron chi connectivity index (χ2n) is 7.84. The molecule has 3 aliphatic rings. The van der Waals surface area contributed by atoms with E-state index in [0.29, 0.717) is 29.7 Å². The van der Waals surface area contributed by atoms with Crippen molar-refractivity contribution >= 4 is 38.3 Å². The van der Waals surface area contributed by atoms with Crippen molar-refractivity contribution in [2.24, 2.45) is 5.41 Å². The average Bonchev–Trinajstić information content (AvgIpc) is 3.48. The maximum absolute atomic E-state index is 12.9. The van der Waals surface area contributed by atoms with Crippen LogP contribution >= 0.6 is 11.3 Å². The number of urea groups is 1. The molecule has 1 N–H and O–H groups in total. The van der Waals surface area contributed by atoms with E-state index in [0.717, 1.165) is 61.4 Å². The summed E-state index contributed by atoms with van der Waals surface area (Å²) in [6.45, 7) is 4.31. The molecule has 8 nitrogen and oxygen atoms in total. The molecule has 2 amide bonds. The van der Waals surface area contributed by atoms with Crippen molar-refractivity contribution in [2.75, 3.05) is 51.9 Å². The molecule has 0 saturated carbocycles. The number of hydrogen-bond donors (Lipinski definition) is 1. The first-order valence-corrected chi connectivity index (χ1v) is 10.7. The number of ether oxygens (including phenoxy) is 3. The Morgan fingerprint density at radius 2 is 2.17 bits per heavy atom. The second-order valence-corrected chi connectivity index (χ2v) is 8.84. The lowest BCUT2D eigenvalue weighted by Crippen LogP contribution is -2.37. The summed E-state index contributed by atoms with van der Waals surface area (Å²) in [6, 6.07) is -0.0932. The van der Waals surface area contributed by atoms with Crippen LogP contribution in [0.2, 0.25) is 0 Å². The van der Waals surface area contributed by atoms with Crippen LogP contribution in [-0.2, 0) is 9.47 Å². The number of fused-ring (bicyclic) bond motifs is 1. The van der Waals surface area contributed by atoms with Gasteiger partial charge in [-0.15, -0.1) is 0 Å². The Morgan fingerprint density at radius 3 is 2.93 bits per heavy atom. The lowest BCUT2D eigenvalue weighted by molar-refractivity contribution is 0.0211. The van der Waals surface area contributed by atoms with Gasteiger partial charge in [0.05, 0.1) is 25.0 Å². The van der Waals surface area contributed by atoms with Gasteiger partial charge in [-0.3, -0.25) is 5.32 Å². The van der Waals surface area contributed by atoms with Crippen molar-refractivity contribution in [1.29, 1.82) is 0 Å². The number of amides is 2. The van der Waals surface area contributed by atoms with E-state index in [4.69, 9.17) is 14.2 Å². The molecular weight excluding hydrogens is 392 g/mol. The van der Waals surface area contributed by atoms with Gasteiger partial charge < -0.3 is 19.1 Å². The summed E-state index contributed by atoms with van der Waals surface area (Å²) in [7, 11) is 1.58. The molecule has 0 atom stereocenters. The molecule has 9 heteroatoms. The zero-order chi connectivity index (χ0) is 19.8. The van der Waals surface area contributed by atoms with E-state index >= 15 is 0 Å². The van der Waals surface area contributed by atoms with Crippen LogP contribution in [0.4, 0.5) is 9.93 Å². The first-order valence-electron chi connectivity index (χ1n) is 9.92. The molecule has 3 aliphatic heterocycles. The Morgan fingerprint density at radius 1 is 1.31 bits per heavy atom. The van der Waals surface area contributed by atoms with Gasteiger partial charge in [-0.05, 0) is 30.3 Å². The first-order chi connectivity index (χ1) is 14.2. The first kappa shape index (κ1) is 18.8. The Hall–Kier alpha value is -2.23. The van der Waals surface area contributed by atoms with Crippen LogP contribution in [0, 0.1) is 5.41 Å². The average molecular weight is 417 g/mol. The lowest BCUT2D eigenvalue weighted by atomic mass is 9.80. The van der Waals surface area contributed by atoms with Gasteiger partial charge in [-0.25, -0.2) is 14.8 Å². The zero-order valence-corrected chi connectivity index (χ0v) is 17.2. The van der Waals surface area contributed by atoms with Gasteiger partial charge in [0.15, 0.2) is 5.13 Å². The maximum atomic E-state index is 12.9. The number of methoxy groups -OCH3 is 1. The number of anilines is 1. The van der Waals surface area contributed by atoms with Crippen LogP contribution in [0.15, 0.2) is 12.3 Å². The lowest BCUT2D eigenvalue weighted by Gasteiger charge is -2.33. The molecule has 5 rings (SSSR count). The zero-order valence-electron chi connectivity index (χ0n) is 16.4. The minimum Gasteiger partial charge on any atom is -0.479 e. The third-order valence-electron chi connectivity index (χ3n) is 6.12. The quantitative estimate of drug-likeness (QED) is 0.827. The van der Waals surface area contributed by atoms with Gasteiger partial charge in [-0.1, -0.05) is 17.4 Å².